The van der Waals surface area contributed by atoms with Gasteiger partial charge in [0.2, 0.25) is 11.0 Å². The molecule has 29 heavy (non-hydrogen) atoms. The molecule has 0 spiro atoms. The van der Waals surface area contributed by atoms with E-state index >= 15 is 0 Å². The molecule has 2 aromatic carbocycles. The zero-order chi connectivity index (χ0) is 21.0. The maximum atomic E-state index is 12.3. The van der Waals surface area contributed by atoms with E-state index in [2.05, 4.69) is 20.8 Å². The highest BCUT2D eigenvalue weighted by atomic mass is 32.2. The first-order chi connectivity index (χ1) is 13.8. The normalized spacial score (nSPS) is 10.6. The second-order valence-electron chi connectivity index (χ2n) is 6.81. The van der Waals surface area contributed by atoms with E-state index < -0.39 is 0 Å². The summed E-state index contributed by atoms with van der Waals surface area (Å²) in [6.45, 7) is 7.93. The van der Waals surface area contributed by atoms with E-state index in [9.17, 15) is 9.59 Å². The van der Waals surface area contributed by atoms with Crippen LogP contribution in [0.1, 0.15) is 32.6 Å². The van der Waals surface area contributed by atoms with Gasteiger partial charge in [0, 0.05) is 11.3 Å². The number of aryl methyl sites for hydroxylation is 4. The molecule has 2 N–H and O–H groups in total. The van der Waals surface area contributed by atoms with Crippen LogP contribution in [0.5, 0.6) is 0 Å². The number of thioether (sulfide) groups is 1. The maximum absolute atomic E-state index is 12.3. The predicted octanol–water partition coefficient (Wildman–Crippen LogP) is 4.75. The van der Waals surface area contributed by atoms with Crippen molar-refractivity contribution >= 4 is 45.7 Å². The van der Waals surface area contributed by atoms with Gasteiger partial charge in [-0.3, -0.25) is 14.9 Å². The van der Waals surface area contributed by atoms with Gasteiger partial charge in [-0.25, -0.2) is 0 Å². The van der Waals surface area contributed by atoms with E-state index in [1.165, 1.54) is 28.7 Å². The molecule has 0 unspecified atom stereocenters. The van der Waals surface area contributed by atoms with Crippen molar-refractivity contribution in [1.82, 2.24) is 10.2 Å². The van der Waals surface area contributed by atoms with Crippen molar-refractivity contribution in [2.45, 2.75) is 32.0 Å². The van der Waals surface area contributed by atoms with Crippen LogP contribution in [0.25, 0.3) is 0 Å². The highest BCUT2D eigenvalue weighted by molar-refractivity contribution is 8.01. The van der Waals surface area contributed by atoms with Gasteiger partial charge in [-0.05, 0) is 51.0 Å². The van der Waals surface area contributed by atoms with Crippen LogP contribution in [0.15, 0.2) is 40.7 Å². The molecule has 8 heteroatoms. The maximum Gasteiger partial charge on any atom is 0.257 e. The first kappa shape index (κ1) is 21.0. The number of hydrogen-bond acceptors (Lipinski definition) is 6. The Hall–Kier alpha value is -2.71. The minimum absolute atomic E-state index is 0.106. The Morgan fingerprint density at radius 3 is 2.38 bits per heavy atom. The van der Waals surface area contributed by atoms with Gasteiger partial charge >= 0.3 is 0 Å². The van der Waals surface area contributed by atoms with E-state index in [1.807, 2.05) is 58.0 Å². The summed E-state index contributed by atoms with van der Waals surface area (Å²) in [5.41, 5.74) is 5.68. The Kier molecular flexibility index (Phi) is 6.66. The summed E-state index contributed by atoms with van der Waals surface area (Å²) in [4.78, 5) is 24.6. The molecule has 0 aliphatic carbocycles. The largest absolute Gasteiger partial charge is 0.325 e. The van der Waals surface area contributed by atoms with E-state index in [0.29, 0.717) is 15.0 Å². The molecule has 0 aliphatic heterocycles. The van der Waals surface area contributed by atoms with Crippen molar-refractivity contribution in [3.63, 3.8) is 0 Å². The van der Waals surface area contributed by atoms with Gasteiger partial charge < -0.3 is 5.32 Å². The van der Waals surface area contributed by atoms with E-state index in [1.54, 1.807) is 6.07 Å². The van der Waals surface area contributed by atoms with Gasteiger partial charge in [-0.15, -0.1) is 10.2 Å². The fourth-order valence-corrected chi connectivity index (χ4v) is 4.50. The van der Waals surface area contributed by atoms with Crippen LogP contribution in [0.4, 0.5) is 10.8 Å². The van der Waals surface area contributed by atoms with Crippen molar-refractivity contribution in [3.8, 4) is 0 Å². The highest BCUT2D eigenvalue weighted by Crippen LogP contribution is 2.27. The number of carbonyl (C=O) groups excluding carboxylic acids is 2. The Balaban J connectivity index is 1.55. The molecule has 0 radical (unpaired) electrons. The second kappa shape index (κ2) is 9.19. The number of nitrogens with zero attached hydrogens (tertiary/aromatic N) is 2. The lowest BCUT2D eigenvalue weighted by atomic mass is 10.1. The SMILES string of the molecule is Cc1cccc(C(=O)Nc2nnc(SCC(=O)Nc3c(C)cc(C)cc3C)s2)c1. The van der Waals surface area contributed by atoms with Crippen LogP contribution in [-0.2, 0) is 4.79 Å². The molecule has 150 valence electrons. The zero-order valence-corrected chi connectivity index (χ0v) is 18.3. The first-order valence-electron chi connectivity index (χ1n) is 9.04. The quantitative estimate of drug-likeness (QED) is 0.439. The second-order valence-corrected chi connectivity index (χ2v) is 9.01. The van der Waals surface area contributed by atoms with Crippen LogP contribution in [-0.4, -0.2) is 27.8 Å². The summed E-state index contributed by atoms with van der Waals surface area (Å²) in [6.07, 6.45) is 0. The Labute approximate surface area is 178 Å². The number of nitrogens with one attached hydrogen (secondary N) is 2. The third kappa shape index (κ3) is 5.65. The smallest absolute Gasteiger partial charge is 0.257 e. The van der Waals surface area contributed by atoms with Gasteiger partial charge in [-0.2, -0.15) is 0 Å². The molecular formula is C21H22N4O2S2. The molecule has 6 nitrogen and oxygen atoms in total. The molecular weight excluding hydrogens is 404 g/mol. The predicted molar refractivity (Wildman–Crippen MR) is 119 cm³/mol. The number of rotatable bonds is 6. The van der Waals surface area contributed by atoms with Crippen LogP contribution < -0.4 is 10.6 Å². The van der Waals surface area contributed by atoms with Crippen molar-refractivity contribution < 1.29 is 9.59 Å². The standard InChI is InChI=1S/C21H22N4O2S2/c1-12-6-5-7-16(10-12)19(27)23-20-24-25-21(29-20)28-11-17(26)22-18-14(3)8-13(2)9-15(18)4/h5-10H,11H2,1-4H3,(H,22,26)(H,23,24,27). The average molecular weight is 427 g/mol. The van der Waals surface area contributed by atoms with Crippen LogP contribution in [0.2, 0.25) is 0 Å². The van der Waals surface area contributed by atoms with E-state index in [0.717, 1.165) is 22.4 Å². The third-order valence-electron chi connectivity index (χ3n) is 4.18. The minimum Gasteiger partial charge on any atom is -0.325 e. The van der Waals surface area contributed by atoms with Gasteiger partial charge in [-0.1, -0.05) is 58.5 Å². The molecule has 0 saturated heterocycles. The minimum atomic E-state index is -0.232. The van der Waals surface area contributed by atoms with Gasteiger partial charge in [0.05, 0.1) is 5.75 Å². The van der Waals surface area contributed by atoms with Crippen molar-refractivity contribution in [3.05, 3.63) is 64.2 Å². The number of amides is 2. The van der Waals surface area contributed by atoms with Crippen molar-refractivity contribution in [2.24, 2.45) is 0 Å². The fraction of sp³-hybridized carbons (Fsp3) is 0.238. The summed E-state index contributed by atoms with van der Waals surface area (Å²) < 4.78 is 0.622. The van der Waals surface area contributed by atoms with Crippen LogP contribution in [0.3, 0.4) is 0 Å². The van der Waals surface area contributed by atoms with Crippen LogP contribution >= 0.6 is 23.1 Å². The number of carbonyl (C=O) groups is 2. The van der Waals surface area contributed by atoms with Crippen molar-refractivity contribution in [2.75, 3.05) is 16.4 Å². The number of aromatic nitrogens is 2. The Morgan fingerprint density at radius 1 is 0.966 bits per heavy atom. The molecule has 1 aromatic heterocycles. The highest BCUT2D eigenvalue weighted by Gasteiger charge is 2.13. The third-order valence-corrected chi connectivity index (χ3v) is 6.15. The summed E-state index contributed by atoms with van der Waals surface area (Å²) in [7, 11) is 0. The monoisotopic (exact) mass is 426 g/mol. The molecule has 0 fully saturated rings. The molecule has 0 saturated carbocycles. The average Bonchev–Trinajstić information content (AvgIpc) is 3.10. The molecule has 0 atom stereocenters. The van der Waals surface area contributed by atoms with Crippen LogP contribution in [0, 0.1) is 27.7 Å². The Morgan fingerprint density at radius 2 is 1.69 bits per heavy atom. The lowest BCUT2D eigenvalue weighted by Crippen LogP contribution is -2.15. The summed E-state index contributed by atoms with van der Waals surface area (Å²) in [5.74, 6) is -0.122. The van der Waals surface area contributed by atoms with Gasteiger partial charge in [0.1, 0.15) is 0 Å². The summed E-state index contributed by atoms with van der Waals surface area (Å²) in [6, 6.07) is 11.4. The summed E-state index contributed by atoms with van der Waals surface area (Å²) >= 11 is 2.54. The van der Waals surface area contributed by atoms with Crippen molar-refractivity contribution in [1.29, 1.82) is 0 Å². The molecule has 3 rings (SSSR count). The Bertz CT molecular complexity index is 1040. The molecule has 3 aromatic rings. The van der Waals surface area contributed by atoms with E-state index in [4.69, 9.17) is 0 Å². The number of benzene rings is 2. The lowest BCUT2D eigenvalue weighted by molar-refractivity contribution is -0.113. The molecule has 0 bridgehead atoms. The zero-order valence-electron chi connectivity index (χ0n) is 16.7. The molecule has 2 amide bonds. The molecule has 1 heterocycles. The topological polar surface area (TPSA) is 84.0 Å². The number of hydrogen-bond donors (Lipinski definition) is 2. The number of anilines is 2. The van der Waals surface area contributed by atoms with Gasteiger partial charge in [0.25, 0.3) is 5.91 Å². The van der Waals surface area contributed by atoms with E-state index in [-0.39, 0.29) is 17.6 Å². The van der Waals surface area contributed by atoms with Gasteiger partial charge in [0.15, 0.2) is 4.34 Å². The lowest BCUT2D eigenvalue weighted by Gasteiger charge is -2.12. The fourth-order valence-electron chi connectivity index (χ4n) is 2.95. The summed E-state index contributed by atoms with van der Waals surface area (Å²) in [5, 5.41) is 14.2. The molecule has 0 aliphatic rings. The first-order valence-corrected chi connectivity index (χ1v) is 10.8.